The van der Waals surface area contributed by atoms with Crippen LogP contribution >= 0.6 is 0 Å². The topological polar surface area (TPSA) is 74.2 Å². The molecule has 1 heterocycles. The minimum atomic E-state index is 0.0855. The number of hydrogen-bond donors (Lipinski definition) is 1. The molecule has 1 aromatic carbocycles. The first-order valence-electron chi connectivity index (χ1n) is 7.07. The van der Waals surface area contributed by atoms with Crippen LogP contribution in [0.25, 0.3) is 0 Å². The lowest BCUT2D eigenvalue weighted by atomic mass is 10.1. The first kappa shape index (κ1) is 13.1. The third-order valence-corrected chi connectivity index (χ3v) is 3.53. The molecule has 5 heteroatoms. The molecule has 1 aromatic heterocycles. The van der Waals surface area contributed by atoms with E-state index in [0.717, 1.165) is 36.5 Å². The Bertz CT molecular complexity index is 561. The molecule has 1 aliphatic carbocycles. The number of rotatable bonds is 6. The van der Waals surface area contributed by atoms with Gasteiger partial charge in [-0.05, 0) is 37.0 Å². The summed E-state index contributed by atoms with van der Waals surface area (Å²) in [5.74, 6) is 2.61. The molecule has 2 aromatic rings. The summed E-state index contributed by atoms with van der Waals surface area (Å²) in [6.45, 7) is 2.40. The second kappa shape index (κ2) is 5.63. The molecule has 20 heavy (non-hydrogen) atoms. The highest BCUT2D eigenvalue weighted by Crippen LogP contribution is 2.38. The van der Waals surface area contributed by atoms with Gasteiger partial charge in [0.15, 0.2) is 6.61 Å². The molecule has 5 nitrogen and oxygen atoms in total. The van der Waals surface area contributed by atoms with Gasteiger partial charge in [-0.2, -0.15) is 4.98 Å². The van der Waals surface area contributed by atoms with Crippen molar-refractivity contribution in [3.05, 3.63) is 41.5 Å². The van der Waals surface area contributed by atoms with Crippen LogP contribution in [0.1, 0.15) is 55.4 Å². The fourth-order valence-corrected chi connectivity index (χ4v) is 2.02. The predicted molar refractivity (Wildman–Crippen MR) is 74.3 cm³/mol. The Kier molecular flexibility index (Phi) is 3.69. The molecule has 2 N–H and O–H groups in total. The lowest BCUT2D eigenvalue weighted by molar-refractivity contribution is 0.285. The molecular formula is C15H19N3O2. The Balaban J connectivity index is 1.57. The second-order valence-corrected chi connectivity index (χ2v) is 5.20. The van der Waals surface area contributed by atoms with Gasteiger partial charge in [-0.25, -0.2) is 0 Å². The molecule has 0 radical (unpaired) electrons. The van der Waals surface area contributed by atoms with Crippen LogP contribution in [0.3, 0.4) is 0 Å². The van der Waals surface area contributed by atoms with Crippen molar-refractivity contribution in [3.8, 4) is 5.75 Å². The summed E-state index contributed by atoms with van der Waals surface area (Å²) in [7, 11) is 0. The maximum atomic E-state index is 5.97. The van der Waals surface area contributed by atoms with Crippen molar-refractivity contribution >= 4 is 0 Å². The van der Waals surface area contributed by atoms with Gasteiger partial charge in [0.25, 0.3) is 0 Å². The number of nitrogens with two attached hydrogens (primary N) is 1. The van der Waals surface area contributed by atoms with E-state index in [1.165, 1.54) is 0 Å². The highest BCUT2D eigenvalue weighted by molar-refractivity contribution is 5.29. The van der Waals surface area contributed by atoms with Gasteiger partial charge in [-0.3, -0.25) is 0 Å². The van der Waals surface area contributed by atoms with Crippen molar-refractivity contribution in [2.24, 2.45) is 5.73 Å². The van der Waals surface area contributed by atoms with Gasteiger partial charge < -0.3 is 15.0 Å². The van der Waals surface area contributed by atoms with E-state index in [9.17, 15) is 0 Å². The van der Waals surface area contributed by atoms with Crippen molar-refractivity contribution in [1.29, 1.82) is 0 Å². The maximum absolute atomic E-state index is 5.97. The molecule has 3 rings (SSSR count). The molecule has 0 saturated heterocycles. The lowest BCUT2D eigenvalue weighted by Crippen LogP contribution is -2.08. The summed E-state index contributed by atoms with van der Waals surface area (Å²) < 4.78 is 10.8. The van der Waals surface area contributed by atoms with Gasteiger partial charge in [0.2, 0.25) is 11.7 Å². The van der Waals surface area contributed by atoms with Crippen LogP contribution in [0, 0.1) is 0 Å². The number of aromatic nitrogens is 2. The Morgan fingerprint density at radius 2 is 2.10 bits per heavy atom. The van der Waals surface area contributed by atoms with Crippen molar-refractivity contribution < 1.29 is 9.26 Å². The number of ether oxygens (including phenoxy) is 1. The zero-order valence-corrected chi connectivity index (χ0v) is 11.6. The van der Waals surface area contributed by atoms with Gasteiger partial charge in [0, 0.05) is 12.0 Å². The van der Waals surface area contributed by atoms with Gasteiger partial charge in [-0.1, -0.05) is 24.2 Å². The number of hydrogen-bond acceptors (Lipinski definition) is 5. The van der Waals surface area contributed by atoms with Crippen LogP contribution < -0.4 is 10.5 Å². The minimum absolute atomic E-state index is 0.0855. The molecule has 1 atom stereocenters. The molecule has 0 unspecified atom stereocenters. The van der Waals surface area contributed by atoms with E-state index >= 15 is 0 Å². The fourth-order valence-electron chi connectivity index (χ4n) is 2.02. The summed E-state index contributed by atoms with van der Waals surface area (Å²) >= 11 is 0. The van der Waals surface area contributed by atoms with Crippen molar-refractivity contribution in [2.75, 3.05) is 0 Å². The SMILES string of the molecule is CC[C@@H](N)c1ccc(OCc2noc(C3CC3)n2)cc1. The lowest BCUT2D eigenvalue weighted by Gasteiger charge is -2.10. The van der Waals surface area contributed by atoms with Gasteiger partial charge in [-0.15, -0.1) is 0 Å². The van der Waals surface area contributed by atoms with Gasteiger partial charge in [0.1, 0.15) is 5.75 Å². The van der Waals surface area contributed by atoms with Gasteiger partial charge >= 0.3 is 0 Å². The Morgan fingerprint density at radius 3 is 2.75 bits per heavy atom. The quantitative estimate of drug-likeness (QED) is 0.875. The standard InChI is InChI=1S/C15H19N3O2/c1-2-13(16)10-5-7-12(8-6-10)19-9-14-17-15(20-18-14)11-3-4-11/h5-8,11,13H,2-4,9,16H2,1H3/t13-/m1/s1. The Morgan fingerprint density at radius 1 is 1.35 bits per heavy atom. The van der Waals surface area contributed by atoms with Crippen LogP contribution in [0.5, 0.6) is 5.75 Å². The molecule has 106 valence electrons. The summed E-state index contributed by atoms with van der Waals surface area (Å²) in [4.78, 5) is 4.32. The fraction of sp³-hybridized carbons (Fsp3) is 0.467. The summed E-state index contributed by atoms with van der Waals surface area (Å²) in [5.41, 5.74) is 7.09. The first-order valence-corrected chi connectivity index (χ1v) is 7.07. The zero-order chi connectivity index (χ0) is 13.9. The third kappa shape index (κ3) is 2.99. The monoisotopic (exact) mass is 273 g/mol. The van der Waals surface area contributed by atoms with Crippen molar-refractivity contribution in [2.45, 2.75) is 44.8 Å². The molecule has 1 saturated carbocycles. The third-order valence-electron chi connectivity index (χ3n) is 3.53. The smallest absolute Gasteiger partial charge is 0.229 e. The number of benzene rings is 1. The average Bonchev–Trinajstić information content (AvgIpc) is 3.24. The normalized spacial score (nSPS) is 16.1. The van der Waals surface area contributed by atoms with E-state index in [1.807, 2.05) is 24.3 Å². The van der Waals surface area contributed by atoms with Crippen molar-refractivity contribution in [1.82, 2.24) is 10.1 Å². The summed E-state index contributed by atoms with van der Waals surface area (Å²) in [6, 6.07) is 7.92. The highest BCUT2D eigenvalue weighted by atomic mass is 16.5. The van der Waals surface area contributed by atoms with E-state index < -0.39 is 0 Å². The van der Waals surface area contributed by atoms with Crippen molar-refractivity contribution in [3.63, 3.8) is 0 Å². The van der Waals surface area contributed by atoms with E-state index in [4.69, 9.17) is 15.0 Å². The van der Waals surface area contributed by atoms with Crippen LogP contribution in [-0.4, -0.2) is 10.1 Å². The minimum Gasteiger partial charge on any atom is -0.485 e. The molecular weight excluding hydrogens is 254 g/mol. The zero-order valence-electron chi connectivity index (χ0n) is 11.6. The Labute approximate surface area is 118 Å². The highest BCUT2D eigenvalue weighted by Gasteiger charge is 2.29. The van der Waals surface area contributed by atoms with Crippen LogP contribution in [0.4, 0.5) is 0 Å². The van der Waals surface area contributed by atoms with Crippen LogP contribution in [0.15, 0.2) is 28.8 Å². The summed E-state index contributed by atoms with van der Waals surface area (Å²) in [5, 5.41) is 3.92. The molecule has 0 spiro atoms. The maximum Gasteiger partial charge on any atom is 0.229 e. The van der Waals surface area contributed by atoms with E-state index in [-0.39, 0.29) is 6.04 Å². The number of nitrogens with zero attached hydrogens (tertiary/aromatic N) is 2. The second-order valence-electron chi connectivity index (χ2n) is 5.20. The largest absolute Gasteiger partial charge is 0.485 e. The molecule has 1 fully saturated rings. The first-order chi connectivity index (χ1) is 9.76. The molecule has 0 amide bonds. The van der Waals surface area contributed by atoms with Crippen LogP contribution in [-0.2, 0) is 6.61 Å². The summed E-state index contributed by atoms with van der Waals surface area (Å²) in [6.07, 6.45) is 3.23. The molecule has 1 aliphatic rings. The van der Waals surface area contributed by atoms with E-state index in [2.05, 4.69) is 17.1 Å². The molecule has 0 bridgehead atoms. The average molecular weight is 273 g/mol. The Hall–Kier alpha value is -1.88. The van der Waals surface area contributed by atoms with Crippen LogP contribution in [0.2, 0.25) is 0 Å². The molecule has 0 aliphatic heterocycles. The predicted octanol–water partition coefficient (Wildman–Crippen LogP) is 2.94. The van der Waals surface area contributed by atoms with E-state index in [1.54, 1.807) is 0 Å². The van der Waals surface area contributed by atoms with Gasteiger partial charge in [0.05, 0.1) is 0 Å². The van der Waals surface area contributed by atoms with E-state index in [0.29, 0.717) is 18.3 Å².